The van der Waals surface area contributed by atoms with Crippen LogP contribution in [0.25, 0.3) is 0 Å². The van der Waals surface area contributed by atoms with E-state index in [1.54, 1.807) is 0 Å². The summed E-state index contributed by atoms with van der Waals surface area (Å²) >= 11 is 3.80. The van der Waals surface area contributed by atoms with Crippen molar-refractivity contribution in [2.45, 2.75) is 52.4 Å². The molecule has 1 N–H and O–H groups in total. The Hall–Kier alpha value is -0.380. The van der Waals surface area contributed by atoms with Gasteiger partial charge in [0.05, 0.1) is 0 Å². The van der Waals surface area contributed by atoms with Crippen LogP contribution >= 0.6 is 12.8 Å². The van der Waals surface area contributed by atoms with Crippen molar-refractivity contribution in [2.24, 2.45) is 0 Å². The first-order valence-corrected chi connectivity index (χ1v) is 6.40. The minimum Gasteiger partial charge on any atom is -0.324 e. The second kappa shape index (κ2) is 10.1. The highest BCUT2D eigenvalue weighted by Gasteiger charge is 2.10. The van der Waals surface area contributed by atoms with E-state index >= 15 is 0 Å². The van der Waals surface area contributed by atoms with Crippen molar-refractivity contribution in [3.8, 4) is 0 Å². The third-order valence-electron chi connectivity index (χ3n) is 2.45. The van der Waals surface area contributed by atoms with Crippen molar-refractivity contribution < 1.29 is 4.79 Å². The zero-order valence-corrected chi connectivity index (χ0v) is 10.9. The van der Waals surface area contributed by atoms with E-state index in [-0.39, 0.29) is 6.03 Å². The van der Waals surface area contributed by atoms with E-state index in [9.17, 15) is 4.79 Å². The maximum Gasteiger partial charge on any atom is 0.327 e. The zero-order valence-electron chi connectivity index (χ0n) is 9.96. The normalized spacial score (nSPS) is 10.1. The van der Waals surface area contributed by atoms with E-state index in [0.29, 0.717) is 0 Å². The van der Waals surface area contributed by atoms with Gasteiger partial charge >= 0.3 is 6.03 Å². The number of nitrogens with zero attached hydrogens (tertiary/aromatic N) is 1. The minimum absolute atomic E-state index is 0.0643. The maximum absolute atomic E-state index is 11.4. The van der Waals surface area contributed by atoms with Crippen molar-refractivity contribution in [3.05, 3.63) is 0 Å². The first-order chi connectivity index (χ1) is 7.26. The molecule has 0 aliphatic rings. The van der Waals surface area contributed by atoms with E-state index in [4.69, 9.17) is 0 Å². The van der Waals surface area contributed by atoms with Gasteiger partial charge in [0.1, 0.15) is 0 Å². The Kier molecular flexibility index (Phi) is 9.89. The molecule has 0 saturated carbocycles. The summed E-state index contributed by atoms with van der Waals surface area (Å²) in [5.74, 6) is 0. The smallest absolute Gasteiger partial charge is 0.324 e. The summed E-state index contributed by atoms with van der Waals surface area (Å²) in [6, 6.07) is -0.0643. The molecule has 0 saturated heterocycles. The van der Waals surface area contributed by atoms with E-state index in [1.165, 1.54) is 25.7 Å². The molecule has 90 valence electrons. The predicted molar refractivity (Wildman–Crippen MR) is 68.1 cm³/mol. The molecule has 15 heavy (non-hydrogen) atoms. The number of thiol groups is 1. The number of hydrogen-bond acceptors (Lipinski definition) is 2. The van der Waals surface area contributed by atoms with Gasteiger partial charge in [0, 0.05) is 13.1 Å². The monoisotopic (exact) mass is 232 g/mol. The highest BCUT2D eigenvalue weighted by molar-refractivity contribution is 7.78. The van der Waals surface area contributed by atoms with Crippen LogP contribution in [0.2, 0.25) is 0 Å². The van der Waals surface area contributed by atoms with E-state index in [2.05, 4.69) is 31.4 Å². The van der Waals surface area contributed by atoms with Crippen molar-refractivity contribution in [2.75, 3.05) is 13.1 Å². The van der Waals surface area contributed by atoms with Crippen molar-refractivity contribution in [3.63, 3.8) is 0 Å². The zero-order chi connectivity index (χ0) is 11.5. The van der Waals surface area contributed by atoms with Gasteiger partial charge in [-0.2, -0.15) is 0 Å². The molecule has 3 nitrogen and oxygen atoms in total. The van der Waals surface area contributed by atoms with Crippen LogP contribution in [-0.2, 0) is 0 Å². The molecule has 0 aliphatic carbocycles. The molecule has 0 aromatic carbocycles. The molecule has 0 aromatic rings. The summed E-state index contributed by atoms with van der Waals surface area (Å²) in [4.78, 5) is 13.3. The molecule has 2 amide bonds. The summed E-state index contributed by atoms with van der Waals surface area (Å²) in [5.41, 5.74) is 0. The molecule has 4 heteroatoms. The topological polar surface area (TPSA) is 32.3 Å². The van der Waals surface area contributed by atoms with Gasteiger partial charge in [-0.1, -0.05) is 52.3 Å². The van der Waals surface area contributed by atoms with E-state index < -0.39 is 0 Å². The lowest BCUT2D eigenvalue weighted by atomic mass is 10.2. The van der Waals surface area contributed by atoms with Gasteiger partial charge in [-0.25, -0.2) is 4.79 Å². The average molecular weight is 232 g/mol. The van der Waals surface area contributed by atoms with Gasteiger partial charge in [-0.15, -0.1) is 0 Å². The molecule has 0 spiro atoms. The molecular weight excluding hydrogens is 208 g/mol. The number of rotatable bonds is 8. The SMILES string of the molecule is CCCCCN(CCCCC)C(=O)NS. The largest absolute Gasteiger partial charge is 0.327 e. The minimum atomic E-state index is -0.0643. The van der Waals surface area contributed by atoms with Crippen LogP contribution in [-0.4, -0.2) is 24.0 Å². The van der Waals surface area contributed by atoms with Crippen LogP contribution in [0.5, 0.6) is 0 Å². The molecule has 0 aliphatic heterocycles. The number of unbranched alkanes of at least 4 members (excludes halogenated alkanes) is 4. The molecular formula is C11H24N2OS. The van der Waals surface area contributed by atoms with Crippen LogP contribution in [0.4, 0.5) is 4.79 Å². The van der Waals surface area contributed by atoms with Crippen LogP contribution in [0, 0.1) is 0 Å². The first kappa shape index (κ1) is 14.6. The molecule has 0 bridgehead atoms. The van der Waals surface area contributed by atoms with Crippen molar-refractivity contribution in [1.82, 2.24) is 9.62 Å². The lowest BCUT2D eigenvalue weighted by Crippen LogP contribution is -2.37. The Morgan fingerprint density at radius 1 is 1.07 bits per heavy atom. The van der Waals surface area contributed by atoms with Crippen LogP contribution in [0.3, 0.4) is 0 Å². The molecule has 0 atom stereocenters. The van der Waals surface area contributed by atoms with Crippen molar-refractivity contribution in [1.29, 1.82) is 0 Å². The number of carbonyl (C=O) groups excluding carboxylic acids is 1. The van der Waals surface area contributed by atoms with Gasteiger partial charge < -0.3 is 4.90 Å². The Balaban J connectivity index is 3.79. The Bertz CT molecular complexity index is 155. The van der Waals surface area contributed by atoms with Crippen LogP contribution in [0.1, 0.15) is 52.4 Å². The number of hydrogen-bond donors (Lipinski definition) is 2. The van der Waals surface area contributed by atoms with Gasteiger partial charge in [-0.05, 0) is 12.8 Å². The van der Waals surface area contributed by atoms with Gasteiger partial charge in [0.15, 0.2) is 0 Å². The fourth-order valence-electron chi connectivity index (χ4n) is 1.49. The molecule has 0 rings (SSSR count). The molecule has 0 heterocycles. The molecule has 0 unspecified atom stereocenters. The lowest BCUT2D eigenvalue weighted by molar-refractivity contribution is 0.202. The third-order valence-corrected chi connectivity index (χ3v) is 2.64. The summed E-state index contributed by atoms with van der Waals surface area (Å²) in [6.45, 7) is 6.04. The van der Waals surface area contributed by atoms with Gasteiger partial charge in [-0.3, -0.25) is 4.72 Å². The molecule has 0 fully saturated rings. The highest BCUT2D eigenvalue weighted by Crippen LogP contribution is 2.03. The Morgan fingerprint density at radius 2 is 1.53 bits per heavy atom. The standard InChI is InChI=1S/C11H24N2OS/c1-3-5-7-9-13(11(14)12-15)10-8-6-4-2/h15H,3-10H2,1-2H3,(H,12,14). The second-order valence-corrected chi connectivity index (χ2v) is 4.04. The lowest BCUT2D eigenvalue weighted by Gasteiger charge is -2.21. The van der Waals surface area contributed by atoms with E-state index in [0.717, 1.165) is 25.9 Å². The van der Waals surface area contributed by atoms with E-state index in [1.807, 2.05) is 4.90 Å². The van der Waals surface area contributed by atoms with Crippen molar-refractivity contribution >= 4 is 18.8 Å². The fraction of sp³-hybridized carbons (Fsp3) is 0.909. The number of carbonyl (C=O) groups is 1. The number of nitrogens with one attached hydrogen (secondary N) is 1. The second-order valence-electron chi connectivity index (χ2n) is 3.82. The third kappa shape index (κ3) is 7.54. The summed E-state index contributed by atoms with van der Waals surface area (Å²) < 4.78 is 2.40. The van der Waals surface area contributed by atoms with Crippen LogP contribution < -0.4 is 4.72 Å². The Morgan fingerprint density at radius 3 is 1.87 bits per heavy atom. The quantitative estimate of drug-likeness (QED) is 0.489. The first-order valence-electron chi connectivity index (χ1n) is 5.95. The summed E-state index contributed by atoms with van der Waals surface area (Å²) in [6.07, 6.45) is 6.92. The molecule has 0 radical (unpaired) electrons. The fourth-order valence-corrected chi connectivity index (χ4v) is 1.63. The van der Waals surface area contributed by atoms with Gasteiger partial charge in [0.2, 0.25) is 0 Å². The number of amides is 2. The predicted octanol–water partition coefficient (Wildman–Crippen LogP) is 3.22. The molecule has 0 aromatic heterocycles. The summed E-state index contributed by atoms with van der Waals surface area (Å²) in [7, 11) is 0. The summed E-state index contributed by atoms with van der Waals surface area (Å²) in [5, 5.41) is 0. The number of urea groups is 1. The highest BCUT2D eigenvalue weighted by atomic mass is 32.1. The Labute approximate surface area is 99.2 Å². The van der Waals surface area contributed by atoms with Crippen LogP contribution in [0.15, 0.2) is 0 Å². The van der Waals surface area contributed by atoms with Gasteiger partial charge in [0.25, 0.3) is 0 Å². The maximum atomic E-state index is 11.4. The average Bonchev–Trinajstić information content (AvgIpc) is 2.26.